The molecule has 5 nitrogen and oxygen atoms in total. The molecule has 0 amide bonds. The summed E-state index contributed by atoms with van der Waals surface area (Å²) in [6, 6.07) is 0.187. The van der Waals surface area contributed by atoms with Crippen molar-refractivity contribution in [2.75, 3.05) is 13.1 Å². The standard InChI is InChI=1S/C15H23N3O2/c1-4-15(14(19)20)5-9-18(10-6-15)12(3)13-11(2)16-7-8-17-13/h7-8,12H,4-6,9-10H2,1-3H3,(H,19,20). The minimum atomic E-state index is -0.650. The van der Waals surface area contributed by atoms with E-state index in [-0.39, 0.29) is 6.04 Å². The van der Waals surface area contributed by atoms with Crippen LogP contribution in [0.15, 0.2) is 12.4 Å². The maximum absolute atomic E-state index is 11.5. The molecule has 0 spiro atoms. The van der Waals surface area contributed by atoms with Crippen molar-refractivity contribution in [2.24, 2.45) is 5.41 Å². The van der Waals surface area contributed by atoms with E-state index < -0.39 is 11.4 Å². The van der Waals surface area contributed by atoms with E-state index in [0.29, 0.717) is 19.3 Å². The highest BCUT2D eigenvalue weighted by Gasteiger charge is 2.40. The lowest BCUT2D eigenvalue weighted by atomic mass is 9.76. The zero-order valence-corrected chi connectivity index (χ0v) is 12.5. The summed E-state index contributed by atoms with van der Waals surface area (Å²) in [6.45, 7) is 7.67. The van der Waals surface area contributed by atoms with Gasteiger partial charge in [0.25, 0.3) is 0 Å². The molecule has 1 unspecified atom stereocenters. The Hall–Kier alpha value is -1.49. The van der Waals surface area contributed by atoms with Gasteiger partial charge in [-0.15, -0.1) is 0 Å². The first-order chi connectivity index (χ1) is 9.50. The number of hydrogen-bond acceptors (Lipinski definition) is 4. The van der Waals surface area contributed by atoms with Crippen LogP contribution in [-0.2, 0) is 4.79 Å². The van der Waals surface area contributed by atoms with Crippen LogP contribution in [0.5, 0.6) is 0 Å². The van der Waals surface area contributed by atoms with E-state index in [9.17, 15) is 9.90 Å². The van der Waals surface area contributed by atoms with Gasteiger partial charge in [-0.1, -0.05) is 6.92 Å². The highest BCUT2D eigenvalue weighted by Crippen LogP contribution is 2.37. The molecule has 1 aromatic rings. The number of nitrogens with zero attached hydrogens (tertiary/aromatic N) is 3. The Morgan fingerprint density at radius 1 is 1.40 bits per heavy atom. The smallest absolute Gasteiger partial charge is 0.309 e. The SMILES string of the molecule is CCC1(C(=O)O)CCN(C(C)c2nccnc2C)CC1. The first-order valence-corrected chi connectivity index (χ1v) is 7.25. The molecule has 20 heavy (non-hydrogen) atoms. The number of rotatable bonds is 4. The van der Waals surface area contributed by atoms with E-state index in [4.69, 9.17) is 0 Å². The lowest BCUT2D eigenvalue weighted by Crippen LogP contribution is -2.45. The van der Waals surface area contributed by atoms with E-state index in [2.05, 4.69) is 21.8 Å². The number of aliphatic carboxylic acids is 1. The quantitative estimate of drug-likeness (QED) is 0.915. The fraction of sp³-hybridized carbons (Fsp3) is 0.667. The fourth-order valence-corrected chi connectivity index (χ4v) is 3.06. The first-order valence-electron chi connectivity index (χ1n) is 7.25. The van der Waals surface area contributed by atoms with Gasteiger partial charge in [0.1, 0.15) is 0 Å². The molecule has 1 aromatic heterocycles. The largest absolute Gasteiger partial charge is 0.481 e. The number of carboxylic acid groups (broad SMARTS) is 1. The molecule has 0 aliphatic carbocycles. The van der Waals surface area contributed by atoms with E-state index in [1.165, 1.54) is 0 Å². The van der Waals surface area contributed by atoms with Crippen LogP contribution in [-0.4, -0.2) is 39.0 Å². The highest BCUT2D eigenvalue weighted by atomic mass is 16.4. The molecule has 0 bridgehead atoms. The predicted molar refractivity (Wildman–Crippen MR) is 76.4 cm³/mol. The van der Waals surface area contributed by atoms with E-state index >= 15 is 0 Å². The summed E-state index contributed by atoms with van der Waals surface area (Å²) in [5.41, 5.74) is 1.41. The molecule has 1 aliphatic rings. The summed E-state index contributed by atoms with van der Waals surface area (Å²) >= 11 is 0. The van der Waals surface area contributed by atoms with Gasteiger partial charge in [-0.3, -0.25) is 19.7 Å². The van der Waals surface area contributed by atoms with Crippen LogP contribution >= 0.6 is 0 Å². The van der Waals surface area contributed by atoms with E-state index in [1.54, 1.807) is 12.4 Å². The normalized spacial score (nSPS) is 20.6. The number of likely N-dealkylation sites (tertiary alicyclic amines) is 1. The van der Waals surface area contributed by atoms with Gasteiger partial charge < -0.3 is 5.11 Å². The number of piperidine rings is 1. The van der Waals surface area contributed by atoms with Gasteiger partial charge in [0, 0.05) is 12.4 Å². The fourth-order valence-electron chi connectivity index (χ4n) is 3.06. The Labute approximate surface area is 120 Å². The molecule has 110 valence electrons. The zero-order valence-electron chi connectivity index (χ0n) is 12.5. The molecule has 1 aliphatic heterocycles. The lowest BCUT2D eigenvalue weighted by Gasteiger charge is -2.40. The maximum atomic E-state index is 11.5. The van der Waals surface area contributed by atoms with Crippen molar-refractivity contribution in [3.8, 4) is 0 Å². The second-order valence-electron chi connectivity index (χ2n) is 5.68. The second-order valence-corrected chi connectivity index (χ2v) is 5.68. The Morgan fingerprint density at radius 2 is 2.00 bits per heavy atom. The van der Waals surface area contributed by atoms with Gasteiger partial charge in [0.05, 0.1) is 22.8 Å². The van der Waals surface area contributed by atoms with Crippen LogP contribution in [0.25, 0.3) is 0 Å². The third-order valence-corrected chi connectivity index (χ3v) is 4.75. The number of carboxylic acids is 1. The molecular formula is C15H23N3O2. The molecule has 0 saturated carbocycles. The molecule has 1 N–H and O–H groups in total. The van der Waals surface area contributed by atoms with Crippen LogP contribution in [0, 0.1) is 12.3 Å². The summed E-state index contributed by atoms with van der Waals surface area (Å²) in [5.74, 6) is -0.650. The maximum Gasteiger partial charge on any atom is 0.309 e. The lowest BCUT2D eigenvalue weighted by molar-refractivity contribution is -0.152. The number of aromatic nitrogens is 2. The average Bonchev–Trinajstić information content (AvgIpc) is 2.47. The minimum absolute atomic E-state index is 0.187. The topological polar surface area (TPSA) is 66.3 Å². The monoisotopic (exact) mass is 277 g/mol. The third-order valence-electron chi connectivity index (χ3n) is 4.75. The van der Waals surface area contributed by atoms with E-state index in [0.717, 1.165) is 24.5 Å². The average molecular weight is 277 g/mol. The molecule has 2 heterocycles. The van der Waals surface area contributed by atoms with Crippen LogP contribution in [0.3, 0.4) is 0 Å². The Bertz CT molecular complexity index is 482. The van der Waals surface area contributed by atoms with Crippen molar-refractivity contribution >= 4 is 5.97 Å². The predicted octanol–water partition coefficient (Wildman–Crippen LogP) is 2.42. The number of hydrogen-bond donors (Lipinski definition) is 1. The van der Waals surface area contributed by atoms with Gasteiger partial charge in [0.2, 0.25) is 0 Å². The van der Waals surface area contributed by atoms with Crippen molar-refractivity contribution in [1.82, 2.24) is 14.9 Å². The van der Waals surface area contributed by atoms with Crippen molar-refractivity contribution in [3.05, 3.63) is 23.8 Å². The van der Waals surface area contributed by atoms with Gasteiger partial charge in [-0.05, 0) is 46.2 Å². The Morgan fingerprint density at radius 3 is 2.50 bits per heavy atom. The van der Waals surface area contributed by atoms with Crippen LogP contribution in [0.4, 0.5) is 0 Å². The molecule has 1 fully saturated rings. The van der Waals surface area contributed by atoms with Gasteiger partial charge in [0.15, 0.2) is 0 Å². The van der Waals surface area contributed by atoms with Crippen LogP contribution in [0.1, 0.15) is 50.5 Å². The second kappa shape index (κ2) is 5.87. The molecule has 1 saturated heterocycles. The van der Waals surface area contributed by atoms with Crippen molar-refractivity contribution in [2.45, 2.75) is 46.1 Å². The Balaban J connectivity index is 2.07. The summed E-state index contributed by atoms with van der Waals surface area (Å²) in [4.78, 5) is 22.5. The van der Waals surface area contributed by atoms with Gasteiger partial charge >= 0.3 is 5.97 Å². The number of carbonyl (C=O) groups is 1. The zero-order chi connectivity index (χ0) is 14.8. The molecule has 0 radical (unpaired) electrons. The van der Waals surface area contributed by atoms with Gasteiger partial charge in [-0.2, -0.15) is 0 Å². The number of aryl methyl sites for hydroxylation is 1. The van der Waals surface area contributed by atoms with Gasteiger partial charge in [-0.25, -0.2) is 0 Å². The molecule has 1 atom stereocenters. The first kappa shape index (κ1) is 14.9. The van der Waals surface area contributed by atoms with E-state index in [1.807, 2.05) is 13.8 Å². The minimum Gasteiger partial charge on any atom is -0.481 e. The van der Waals surface area contributed by atoms with Crippen LogP contribution in [0.2, 0.25) is 0 Å². The third kappa shape index (κ3) is 2.68. The Kier molecular flexibility index (Phi) is 4.38. The molecule has 2 rings (SSSR count). The van der Waals surface area contributed by atoms with Crippen molar-refractivity contribution in [3.63, 3.8) is 0 Å². The summed E-state index contributed by atoms with van der Waals surface area (Å²) in [7, 11) is 0. The van der Waals surface area contributed by atoms with Crippen LogP contribution < -0.4 is 0 Å². The molecule has 0 aromatic carbocycles. The highest BCUT2D eigenvalue weighted by molar-refractivity contribution is 5.74. The molecule has 5 heteroatoms. The van der Waals surface area contributed by atoms with Crippen molar-refractivity contribution < 1.29 is 9.90 Å². The molecular weight excluding hydrogens is 254 g/mol. The summed E-state index contributed by atoms with van der Waals surface area (Å²) in [6.07, 6.45) is 5.55. The summed E-state index contributed by atoms with van der Waals surface area (Å²) in [5, 5.41) is 9.43. The van der Waals surface area contributed by atoms with Crippen molar-refractivity contribution in [1.29, 1.82) is 0 Å². The summed E-state index contributed by atoms with van der Waals surface area (Å²) < 4.78 is 0.